The van der Waals surface area contributed by atoms with Gasteiger partial charge in [0.25, 0.3) is 0 Å². The molecular formula is C13H16Cl2N2. The minimum absolute atomic E-state index is 0.0443. The summed E-state index contributed by atoms with van der Waals surface area (Å²) in [5.74, 6) is 0.326. The number of fused-ring (bicyclic) bond motifs is 2. The van der Waals surface area contributed by atoms with Crippen molar-refractivity contribution in [2.24, 2.45) is 0 Å². The third-order valence-electron chi connectivity index (χ3n) is 4.38. The van der Waals surface area contributed by atoms with E-state index in [2.05, 4.69) is 23.0 Å². The van der Waals surface area contributed by atoms with Crippen LogP contribution in [0.1, 0.15) is 30.7 Å². The normalized spacial score (nSPS) is 41.7. The van der Waals surface area contributed by atoms with E-state index in [1.165, 1.54) is 5.56 Å². The van der Waals surface area contributed by atoms with Gasteiger partial charge in [0.2, 0.25) is 0 Å². The number of piperidine rings is 1. The van der Waals surface area contributed by atoms with Gasteiger partial charge in [-0.3, -0.25) is 9.88 Å². The number of aromatic nitrogens is 1. The second-order valence-corrected chi connectivity index (χ2v) is 6.28. The summed E-state index contributed by atoms with van der Waals surface area (Å²) in [6.07, 6.45) is 6.95. The van der Waals surface area contributed by atoms with Gasteiger partial charge in [0.05, 0.1) is 5.38 Å². The number of alkyl halides is 2. The van der Waals surface area contributed by atoms with Crippen LogP contribution in [0.2, 0.25) is 0 Å². The van der Waals surface area contributed by atoms with Gasteiger partial charge in [-0.1, -0.05) is 6.07 Å². The molecule has 2 fully saturated rings. The van der Waals surface area contributed by atoms with Crippen LogP contribution in [0.15, 0.2) is 24.5 Å². The Morgan fingerprint density at radius 2 is 2.35 bits per heavy atom. The van der Waals surface area contributed by atoms with Gasteiger partial charge in [-0.2, -0.15) is 0 Å². The molecule has 4 heteroatoms. The average molecular weight is 271 g/mol. The molecule has 0 spiro atoms. The number of rotatable bonds is 1. The summed E-state index contributed by atoms with van der Waals surface area (Å²) in [5, 5.41) is -0.0443. The smallest absolute Gasteiger partial charge is 0.113 e. The minimum Gasteiger partial charge on any atom is -0.284 e. The number of nitrogens with zero attached hydrogens (tertiary/aromatic N) is 2. The Labute approximate surface area is 112 Å². The van der Waals surface area contributed by atoms with Crippen molar-refractivity contribution in [3.05, 3.63) is 30.1 Å². The van der Waals surface area contributed by atoms with E-state index in [9.17, 15) is 0 Å². The quantitative estimate of drug-likeness (QED) is 0.576. The van der Waals surface area contributed by atoms with Gasteiger partial charge in [-0.25, -0.2) is 0 Å². The largest absolute Gasteiger partial charge is 0.284 e. The lowest BCUT2D eigenvalue weighted by molar-refractivity contribution is 0.137. The van der Waals surface area contributed by atoms with E-state index in [-0.39, 0.29) is 10.4 Å². The van der Waals surface area contributed by atoms with E-state index in [1.807, 2.05) is 12.3 Å². The maximum Gasteiger partial charge on any atom is 0.113 e. The number of hydrogen-bond donors (Lipinski definition) is 0. The van der Waals surface area contributed by atoms with Crippen LogP contribution < -0.4 is 0 Å². The summed E-state index contributed by atoms with van der Waals surface area (Å²) in [5.41, 5.74) is 1.22. The summed E-state index contributed by atoms with van der Waals surface area (Å²) in [4.78, 5) is 6.08. The minimum atomic E-state index is -0.370. The van der Waals surface area contributed by atoms with E-state index < -0.39 is 0 Å². The lowest BCUT2D eigenvalue weighted by Gasteiger charge is -2.45. The number of halogens is 2. The number of hydrogen-bond acceptors (Lipinski definition) is 2. The Morgan fingerprint density at radius 3 is 3.06 bits per heavy atom. The highest BCUT2D eigenvalue weighted by Crippen LogP contribution is 2.53. The van der Waals surface area contributed by atoms with Crippen LogP contribution >= 0.6 is 23.2 Å². The zero-order chi connectivity index (χ0) is 12.0. The van der Waals surface area contributed by atoms with Crippen molar-refractivity contribution < 1.29 is 0 Å². The fourth-order valence-corrected chi connectivity index (χ4v) is 4.18. The highest BCUT2D eigenvalue weighted by Gasteiger charge is 2.55. The van der Waals surface area contributed by atoms with Crippen LogP contribution in [-0.4, -0.2) is 33.3 Å². The summed E-state index contributed by atoms with van der Waals surface area (Å²) in [6.45, 7) is 0. The Kier molecular flexibility index (Phi) is 2.85. The van der Waals surface area contributed by atoms with Crippen LogP contribution in [0.25, 0.3) is 0 Å². The molecule has 0 aliphatic carbocycles. The fourth-order valence-electron chi connectivity index (χ4n) is 3.27. The average Bonchev–Trinajstić information content (AvgIpc) is 2.56. The lowest BCUT2D eigenvalue weighted by Crippen LogP contribution is -2.53. The van der Waals surface area contributed by atoms with Gasteiger partial charge < -0.3 is 0 Å². The SMILES string of the molecule is CN1C2CCC1(Cl)C(Cl)C(c1cccnc1)C2. The van der Waals surface area contributed by atoms with Gasteiger partial charge >= 0.3 is 0 Å². The predicted octanol–water partition coefficient (Wildman–Crippen LogP) is 3.21. The Bertz CT molecular complexity index is 411. The summed E-state index contributed by atoms with van der Waals surface area (Å²) >= 11 is 13.4. The molecule has 2 aliphatic heterocycles. The third-order valence-corrected chi connectivity index (χ3v) is 5.84. The highest BCUT2D eigenvalue weighted by molar-refractivity contribution is 6.33. The molecule has 4 atom stereocenters. The molecular weight excluding hydrogens is 255 g/mol. The Hall–Kier alpha value is -0.310. The molecule has 2 nitrogen and oxygen atoms in total. The second kappa shape index (κ2) is 4.11. The first-order valence-electron chi connectivity index (χ1n) is 6.09. The molecule has 17 heavy (non-hydrogen) atoms. The fraction of sp³-hybridized carbons (Fsp3) is 0.615. The topological polar surface area (TPSA) is 16.1 Å². The molecule has 3 rings (SSSR count). The zero-order valence-corrected chi connectivity index (χ0v) is 11.3. The first-order chi connectivity index (χ1) is 8.13. The first-order valence-corrected chi connectivity index (χ1v) is 6.90. The molecule has 0 amide bonds. The maximum atomic E-state index is 6.72. The van der Waals surface area contributed by atoms with Crippen molar-refractivity contribution >= 4 is 23.2 Å². The van der Waals surface area contributed by atoms with Crippen LogP contribution in [0.3, 0.4) is 0 Å². The Balaban J connectivity index is 1.95. The van der Waals surface area contributed by atoms with E-state index in [0.29, 0.717) is 12.0 Å². The van der Waals surface area contributed by atoms with E-state index in [1.54, 1.807) is 6.20 Å². The van der Waals surface area contributed by atoms with Crippen LogP contribution in [0.4, 0.5) is 0 Å². The maximum absolute atomic E-state index is 6.72. The molecule has 0 N–H and O–H groups in total. The molecule has 3 heterocycles. The third kappa shape index (κ3) is 1.69. The van der Waals surface area contributed by atoms with Crippen molar-refractivity contribution in [2.75, 3.05) is 7.05 Å². The van der Waals surface area contributed by atoms with Crippen molar-refractivity contribution in [1.82, 2.24) is 9.88 Å². The molecule has 92 valence electrons. The molecule has 2 bridgehead atoms. The molecule has 1 aromatic heterocycles. The van der Waals surface area contributed by atoms with Crippen molar-refractivity contribution in [3.63, 3.8) is 0 Å². The van der Waals surface area contributed by atoms with Gasteiger partial charge in [-0.05, 0) is 37.9 Å². The summed E-state index contributed by atoms with van der Waals surface area (Å²) < 4.78 is 0. The van der Waals surface area contributed by atoms with Crippen LogP contribution in [0, 0.1) is 0 Å². The number of pyridine rings is 1. The van der Waals surface area contributed by atoms with Crippen molar-refractivity contribution in [2.45, 2.75) is 41.6 Å². The molecule has 1 aromatic rings. The standard InChI is InChI=1S/C13H16Cl2N2/c1-17-10-4-5-13(17,15)12(14)11(7-10)9-3-2-6-16-8-9/h2-3,6,8,10-12H,4-5,7H2,1H3. The van der Waals surface area contributed by atoms with Gasteiger partial charge in [-0.15, -0.1) is 23.2 Å². The van der Waals surface area contributed by atoms with Gasteiger partial charge in [0.15, 0.2) is 0 Å². The second-order valence-electron chi connectivity index (χ2n) is 5.15. The molecule has 2 saturated heterocycles. The first kappa shape index (κ1) is 11.8. The van der Waals surface area contributed by atoms with Crippen molar-refractivity contribution in [1.29, 1.82) is 0 Å². The molecule has 0 saturated carbocycles. The molecule has 2 aliphatic rings. The summed E-state index contributed by atoms with van der Waals surface area (Å²) in [6, 6.07) is 4.64. The zero-order valence-electron chi connectivity index (χ0n) is 9.81. The molecule has 4 unspecified atom stereocenters. The monoisotopic (exact) mass is 270 g/mol. The molecule has 0 aromatic carbocycles. The van der Waals surface area contributed by atoms with Crippen molar-refractivity contribution in [3.8, 4) is 0 Å². The highest BCUT2D eigenvalue weighted by atomic mass is 35.5. The Morgan fingerprint density at radius 1 is 1.53 bits per heavy atom. The van der Waals surface area contributed by atoms with E-state index in [0.717, 1.165) is 19.3 Å². The lowest BCUT2D eigenvalue weighted by atomic mass is 9.85. The molecule has 0 radical (unpaired) electrons. The van der Waals surface area contributed by atoms with Crippen LogP contribution in [-0.2, 0) is 0 Å². The summed E-state index contributed by atoms with van der Waals surface area (Å²) in [7, 11) is 2.10. The van der Waals surface area contributed by atoms with E-state index >= 15 is 0 Å². The van der Waals surface area contributed by atoms with Crippen LogP contribution in [0.5, 0.6) is 0 Å². The van der Waals surface area contributed by atoms with Gasteiger partial charge in [0, 0.05) is 24.4 Å². The predicted molar refractivity (Wildman–Crippen MR) is 70.6 cm³/mol. The van der Waals surface area contributed by atoms with E-state index in [4.69, 9.17) is 23.2 Å². The van der Waals surface area contributed by atoms with Gasteiger partial charge in [0.1, 0.15) is 5.00 Å².